The van der Waals surface area contributed by atoms with Gasteiger partial charge in [0, 0.05) is 7.05 Å². The van der Waals surface area contributed by atoms with Crippen LogP contribution in [0.1, 0.15) is 31.0 Å². The summed E-state index contributed by atoms with van der Waals surface area (Å²) < 4.78 is 4.76. The first-order valence-corrected chi connectivity index (χ1v) is 6.64. The first-order valence-electron chi connectivity index (χ1n) is 6.64. The number of carbonyl (C=O) groups is 2. The average molecular weight is 278 g/mol. The molecule has 1 aromatic rings. The van der Waals surface area contributed by atoms with Crippen LogP contribution >= 0.6 is 0 Å². The fourth-order valence-corrected chi connectivity index (χ4v) is 1.81. The second-order valence-electron chi connectivity index (χ2n) is 4.77. The number of carbonyl (C=O) groups excluding carboxylic acids is 2. The lowest BCUT2D eigenvalue weighted by atomic mass is 10.0. The molecule has 5 nitrogen and oxygen atoms in total. The van der Waals surface area contributed by atoms with E-state index in [0.717, 1.165) is 11.1 Å². The summed E-state index contributed by atoms with van der Waals surface area (Å²) in [6.45, 7) is 5.77. The van der Waals surface area contributed by atoms with Crippen LogP contribution in [-0.4, -0.2) is 36.5 Å². The standard InChI is InChI=1S/C15H22N2O3/c1-5-20-15(19)13(16)14(18)17(4)11(3)12-8-6-10(2)7-9-12/h6-9,11,13H,5,16H2,1-4H3. The molecule has 0 aliphatic carbocycles. The van der Waals surface area contributed by atoms with Crippen molar-refractivity contribution in [1.29, 1.82) is 0 Å². The maximum atomic E-state index is 12.1. The Morgan fingerprint density at radius 2 is 1.85 bits per heavy atom. The Morgan fingerprint density at radius 3 is 2.35 bits per heavy atom. The van der Waals surface area contributed by atoms with Gasteiger partial charge >= 0.3 is 5.97 Å². The highest BCUT2D eigenvalue weighted by Gasteiger charge is 2.29. The van der Waals surface area contributed by atoms with Crippen molar-refractivity contribution in [2.45, 2.75) is 32.9 Å². The molecule has 0 spiro atoms. The van der Waals surface area contributed by atoms with E-state index in [4.69, 9.17) is 10.5 Å². The first-order chi connectivity index (χ1) is 9.38. The van der Waals surface area contributed by atoms with Gasteiger partial charge < -0.3 is 15.4 Å². The van der Waals surface area contributed by atoms with Crippen LogP contribution in [0.4, 0.5) is 0 Å². The molecular formula is C15H22N2O3. The molecular weight excluding hydrogens is 256 g/mol. The highest BCUT2D eigenvalue weighted by Crippen LogP contribution is 2.19. The normalized spacial score (nSPS) is 13.4. The minimum absolute atomic E-state index is 0.163. The summed E-state index contributed by atoms with van der Waals surface area (Å²) in [7, 11) is 1.63. The van der Waals surface area contributed by atoms with Crippen LogP contribution in [0.5, 0.6) is 0 Å². The van der Waals surface area contributed by atoms with Crippen LogP contribution in [0, 0.1) is 6.92 Å². The molecule has 0 aliphatic rings. The molecule has 0 bridgehead atoms. The van der Waals surface area contributed by atoms with Crippen molar-refractivity contribution in [2.24, 2.45) is 5.73 Å². The van der Waals surface area contributed by atoms with E-state index in [1.165, 1.54) is 4.90 Å². The largest absolute Gasteiger partial charge is 0.464 e. The lowest BCUT2D eigenvalue weighted by molar-refractivity contribution is -0.151. The molecule has 1 aromatic carbocycles. The predicted octanol–water partition coefficient (Wildman–Crippen LogP) is 1.40. The molecule has 110 valence electrons. The smallest absolute Gasteiger partial charge is 0.332 e. The Labute approximate surface area is 119 Å². The molecule has 0 heterocycles. The van der Waals surface area contributed by atoms with Crippen molar-refractivity contribution in [3.05, 3.63) is 35.4 Å². The van der Waals surface area contributed by atoms with Crippen LogP contribution in [-0.2, 0) is 14.3 Å². The van der Waals surface area contributed by atoms with E-state index >= 15 is 0 Å². The number of benzene rings is 1. The highest BCUT2D eigenvalue weighted by atomic mass is 16.5. The molecule has 0 fully saturated rings. The third kappa shape index (κ3) is 3.81. The molecule has 1 rings (SSSR count). The Morgan fingerprint density at radius 1 is 1.30 bits per heavy atom. The van der Waals surface area contributed by atoms with Crippen LogP contribution < -0.4 is 5.73 Å². The Bertz CT molecular complexity index is 471. The zero-order valence-corrected chi connectivity index (χ0v) is 12.4. The van der Waals surface area contributed by atoms with Gasteiger partial charge in [0.2, 0.25) is 0 Å². The number of hydrogen-bond acceptors (Lipinski definition) is 4. The number of rotatable bonds is 5. The van der Waals surface area contributed by atoms with Gasteiger partial charge in [0.25, 0.3) is 5.91 Å². The molecule has 0 radical (unpaired) electrons. The lowest BCUT2D eigenvalue weighted by Crippen LogP contribution is -2.48. The van der Waals surface area contributed by atoms with E-state index < -0.39 is 17.9 Å². The topological polar surface area (TPSA) is 72.6 Å². The van der Waals surface area contributed by atoms with Crippen molar-refractivity contribution in [3.63, 3.8) is 0 Å². The third-order valence-electron chi connectivity index (χ3n) is 3.29. The molecule has 0 saturated heterocycles. The van der Waals surface area contributed by atoms with E-state index in [1.54, 1.807) is 14.0 Å². The van der Waals surface area contributed by atoms with Crippen molar-refractivity contribution in [2.75, 3.05) is 13.7 Å². The number of esters is 1. The maximum absolute atomic E-state index is 12.1. The molecule has 0 aliphatic heterocycles. The second kappa shape index (κ2) is 7.05. The molecule has 2 N–H and O–H groups in total. The van der Waals surface area contributed by atoms with Crippen molar-refractivity contribution >= 4 is 11.9 Å². The fourth-order valence-electron chi connectivity index (χ4n) is 1.81. The summed E-state index contributed by atoms with van der Waals surface area (Å²) in [4.78, 5) is 25.1. The average Bonchev–Trinajstić information content (AvgIpc) is 2.45. The van der Waals surface area contributed by atoms with E-state index in [0.29, 0.717) is 0 Å². The zero-order chi connectivity index (χ0) is 15.3. The first kappa shape index (κ1) is 16.2. The molecule has 5 heteroatoms. The number of likely N-dealkylation sites (N-methyl/N-ethyl adjacent to an activating group) is 1. The van der Waals surface area contributed by atoms with Crippen molar-refractivity contribution in [1.82, 2.24) is 4.90 Å². The summed E-state index contributed by atoms with van der Waals surface area (Å²) in [5.41, 5.74) is 7.76. The van der Waals surface area contributed by atoms with Gasteiger partial charge in [-0.2, -0.15) is 0 Å². The van der Waals surface area contributed by atoms with Gasteiger partial charge in [-0.05, 0) is 26.3 Å². The molecule has 0 aromatic heterocycles. The summed E-state index contributed by atoms with van der Waals surface area (Å²) >= 11 is 0. The lowest BCUT2D eigenvalue weighted by Gasteiger charge is -2.27. The number of ether oxygens (including phenoxy) is 1. The third-order valence-corrected chi connectivity index (χ3v) is 3.29. The van der Waals surface area contributed by atoms with Gasteiger partial charge in [-0.25, -0.2) is 4.79 Å². The van der Waals surface area contributed by atoms with Crippen LogP contribution in [0.2, 0.25) is 0 Å². The Kier molecular flexibility index (Phi) is 5.70. The molecule has 0 saturated carbocycles. The van der Waals surface area contributed by atoms with Crippen LogP contribution in [0.15, 0.2) is 24.3 Å². The van der Waals surface area contributed by atoms with Crippen molar-refractivity contribution in [3.8, 4) is 0 Å². The second-order valence-corrected chi connectivity index (χ2v) is 4.77. The Hall–Kier alpha value is -1.88. The van der Waals surface area contributed by atoms with Gasteiger partial charge in [-0.3, -0.25) is 4.79 Å². The van der Waals surface area contributed by atoms with E-state index in [9.17, 15) is 9.59 Å². The van der Waals surface area contributed by atoms with Gasteiger partial charge in [0.15, 0.2) is 6.04 Å². The fraction of sp³-hybridized carbons (Fsp3) is 0.467. The van der Waals surface area contributed by atoms with E-state index in [1.807, 2.05) is 38.1 Å². The van der Waals surface area contributed by atoms with E-state index in [2.05, 4.69) is 0 Å². The number of aryl methyl sites for hydroxylation is 1. The summed E-state index contributed by atoms with van der Waals surface area (Å²) in [6, 6.07) is 6.45. The quantitative estimate of drug-likeness (QED) is 0.653. The summed E-state index contributed by atoms with van der Waals surface area (Å²) in [5.74, 6) is -1.14. The number of amides is 1. The van der Waals surface area contributed by atoms with E-state index in [-0.39, 0.29) is 12.6 Å². The maximum Gasteiger partial charge on any atom is 0.332 e. The predicted molar refractivity (Wildman–Crippen MR) is 77.0 cm³/mol. The molecule has 20 heavy (non-hydrogen) atoms. The molecule has 1 amide bonds. The van der Waals surface area contributed by atoms with Crippen molar-refractivity contribution < 1.29 is 14.3 Å². The Balaban J connectivity index is 2.77. The van der Waals surface area contributed by atoms with Gasteiger partial charge in [-0.15, -0.1) is 0 Å². The SMILES string of the molecule is CCOC(=O)C(N)C(=O)N(C)C(C)c1ccc(C)cc1. The summed E-state index contributed by atoms with van der Waals surface area (Å²) in [6.07, 6.45) is 0. The highest BCUT2D eigenvalue weighted by molar-refractivity contribution is 6.01. The van der Waals surface area contributed by atoms with Crippen LogP contribution in [0.25, 0.3) is 0 Å². The number of hydrogen-bond donors (Lipinski definition) is 1. The monoisotopic (exact) mass is 278 g/mol. The van der Waals surface area contributed by atoms with Gasteiger partial charge in [-0.1, -0.05) is 29.8 Å². The van der Waals surface area contributed by atoms with Gasteiger partial charge in [0.1, 0.15) is 0 Å². The minimum Gasteiger partial charge on any atom is -0.464 e. The number of nitrogens with zero attached hydrogens (tertiary/aromatic N) is 1. The molecule has 2 unspecified atom stereocenters. The zero-order valence-electron chi connectivity index (χ0n) is 12.4. The van der Waals surface area contributed by atoms with Crippen LogP contribution in [0.3, 0.4) is 0 Å². The minimum atomic E-state index is -1.27. The van der Waals surface area contributed by atoms with Gasteiger partial charge in [0.05, 0.1) is 12.6 Å². The molecule has 2 atom stereocenters. The number of nitrogens with two attached hydrogens (primary N) is 1. The summed E-state index contributed by atoms with van der Waals surface area (Å²) in [5, 5.41) is 0.